The fraction of sp³-hybridized carbons (Fsp3) is 0.357. The first kappa shape index (κ1) is 14.2. The van der Waals surface area contributed by atoms with Crippen molar-refractivity contribution in [3.8, 4) is 0 Å². The molecular weight excluding hydrogens is 263 g/mol. The van der Waals surface area contributed by atoms with Crippen molar-refractivity contribution in [2.75, 3.05) is 13.1 Å². The number of halogens is 1. The predicted molar refractivity (Wildman–Crippen MR) is 70.7 cm³/mol. The van der Waals surface area contributed by atoms with Crippen molar-refractivity contribution in [2.24, 2.45) is 5.16 Å². The zero-order chi connectivity index (χ0) is 14.5. The Morgan fingerprint density at radius 3 is 2.60 bits per heavy atom. The summed E-state index contributed by atoms with van der Waals surface area (Å²) in [6.07, 6.45) is 1.16. The van der Waals surface area contributed by atoms with Crippen molar-refractivity contribution in [3.63, 3.8) is 0 Å². The van der Waals surface area contributed by atoms with Crippen LogP contribution in [0, 0.1) is 5.82 Å². The number of carbonyl (C=O) groups excluding carboxylic acids is 2. The number of piperidine rings is 1. The van der Waals surface area contributed by atoms with E-state index in [1.54, 1.807) is 4.90 Å². The molecular formula is C14H15FN2O3. The van der Waals surface area contributed by atoms with Gasteiger partial charge in [0.2, 0.25) is 5.91 Å². The van der Waals surface area contributed by atoms with Gasteiger partial charge in [-0.2, -0.15) is 0 Å². The predicted octanol–water partition coefficient (Wildman–Crippen LogP) is 1.98. The Labute approximate surface area is 116 Å². The molecule has 1 fully saturated rings. The maximum absolute atomic E-state index is 13.0. The normalized spacial score (nSPS) is 14.9. The number of rotatable bonds is 2. The fourth-order valence-corrected chi connectivity index (χ4v) is 1.95. The molecule has 5 nitrogen and oxygen atoms in total. The van der Waals surface area contributed by atoms with E-state index in [2.05, 4.69) is 5.16 Å². The highest BCUT2D eigenvalue weighted by molar-refractivity contribution is 5.91. The average molecular weight is 278 g/mol. The quantitative estimate of drug-likeness (QED) is 0.614. The van der Waals surface area contributed by atoms with Gasteiger partial charge in [-0.15, -0.1) is 0 Å². The van der Waals surface area contributed by atoms with Gasteiger partial charge in [-0.1, -0.05) is 11.2 Å². The fourth-order valence-electron chi connectivity index (χ4n) is 1.95. The summed E-state index contributed by atoms with van der Waals surface area (Å²) in [6.45, 7) is 2.67. The van der Waals surface area contributed by atoms with Gasteiger partial charge in [0, 0.05) is 32.9 Å². The SMILES string of the molecule is CC(=O)N1CCC(=NOC(=O)c2cccc(F)c2)CC1. The Balaban J connectivity index is 1.90. The van der Waals surface area contributed by atoms with Gasteiger partial charge in [-0.25, -0.2) is 9.18 Å². The van der Waals surface area contributed by atoms with Crippen LogP contribution >= 0.6 is 0 Å². The molecule has 0 saturated carbocycles. The zero-order valence-electron chi connectivity index (χ0n) is 11.1. The molecule has 6 heteroatoms. The van der Waals surface area contributed by atoms with E-state index in [4.69, 9.17) is 4.84 Å². The maximum Gasteiger partial charge on any atom is 0.365 e. The third-order valence-electron chi connectivity index (χ3n) is 3.10. The van der Waals surface area contributed by atoms with E-state index >= 15 is 0 Å². The summed E-state index contributed by atoms with van der Waals surface area (Å²) in [4.78, 5) is 29.3. The number of oxime groups is 1. The second-order valence-corrected chi connectivity index (χ2v) is 4.55. The van der Waals surface area contributed by atoms with E-state index in [0.717, 1.165) is 11.8 Å². The molecule has 1 saturated heterocycles. The number of likely N-dealkylation sites (tertiary alicyclic amines) is 1. The molecule has 1 amide bonds. The monoisotopic (exact) mass is 278 g/mol. The van der Waals surface area contributed by atoms with Gasteiger partial charge in [0.25, 0.3) is 0 Å². The maximum atomic E-state index is 13.0. The average Bonchev–Trinajstić information content (AvgIpc) is 2.45. The van der Waals surface area contributed by atoms with Crippen LogP contribution in [0.2, 0.25) is 0 Å². The lowest BCUT2D eigenvalue weighted by atomic mass is 10.1. The third kappa shape index (κ3) is 3.63. The molecule has 2 rings (SSSR count). The van der Waals surface area contributed by atoms with Gasteiger partial charge in [-0.3, -0.25) is 4.79 Å². The zero-order valence-corrected chi connectivity index (χ0v) is 11.1. The highest BCUT2D eigenvalue weighted by Gasteiger charge is 2.18. The first-order valence-corrected chi connectivity index (χ1v) is 6.34. The van der Waals surface area contributed by atoms with E-state index in [1.807, 2.05) is 0 Å². The van der Waals surface area contributed by atoms with Crippen LogP contribution in [0.4, 0.5) is 4.39 Å². The molecule has 0 radical (unpaired) electrons. The Morgan fingerprint density at radius 2 is 2.00 bits per heavy atom. The summed E-state index contributed by atoms with van der Waals surface area (Å²) in [5.41, 5.74) is 0.850. The molecule has 0 unspecified atom stereocenters. The lowest BCUT2D eigenvalue weighted by Crippen LogP contribution is -2.37. The molecule has 1 aromatic carbocycles. The number of nitrogens with zero attached hydrogens (tertiary/aromatic N) is 2. The second-order valence-electron chi connectivity index (χ2n) is 4.55. The summed E-state index contributed by atoms with van der Waals surface area (Å²) in [5, 5.41) is 3.79. The third-order valence-corrected chi connectivity index (χ3v) is 3.10. The first-order chi connectivity index (χ1) is 9.56. The van der Waals surface area contributed by atoms with Crippen LogP contribution in [0.5, 0.6) is 0 Å². The van der Waals surface area contributed by atoms with Crippen molar-refractivity contribution < 1.29 is 18.8 Å². The van der Waals surface area contributed by atoms with Crippen LogP contribution < -0.4 is 0 Å². The lowest BCUT2D eigenvalue weighted by molar-refractivity contribution is -0.128. The molecule has 20 heavy (non-hydrogen) atoms. The minimum Gasteiger partial charge on any atom is -0.342 e. The summed E-state index contributed by atoms with van der Waals surface area (Å²) < 4.78 is 13.0. The number of hydrogen-bond donors (Lipinski definition) is 0. The van der Waals surface area contributed by atoms with Gasteiger partial charge in [-0.05, 0) is 18.2 Å². The molecule has 0 spiro atoms. The van der Waals surface area contributed by atoms with Crippen molar-refractivity contribution in [2.45, 2.75) is 19.8 Å². The smallest absolute Gasteiger partial charge is 0.342 e. The molecule has 0 aromatic heterocycles. The second kappa shape index (κ2) is 6.27. The summed E-state index contributed by atoms with van der Waals surface area (Å²) >= 11 is 0. The molecule has 1 heterocycles. The number of amides is 1. The molecule has 1 aromatic rings. The largest absolute Gasteiger partial charge is 0.365 e. The van der Waals surface area contributed by atoms with E-state index in [1.165, 1.54) is 25.1 Å². The van der Waals surface area contributed by atoms with Gasteiger partial charge in [0.15, 0.2) is 0 Å². The molecule has 1 aliphatic rings. The van der Waals surface area contributed by atoms with E-state index < -0.39 is 11.8 Å². The molecule has 0 N–H and O–H groups in total. The Kier molecular flexibility index (Phi) is 4.45. The summed E-state index contributed by atoms with van der Waals surface area (Å²) in [6, 6.07) is 5.25. The molecule has 106 valence electrons. The van der Waals surface area contributed by atoms with Crippen LogP contribution in [-0.2, 0) is 9.63 Å². The lowest BCUT2D eigenvalue weighted by Gasteiger charge is -2.25. The highest BCUT2D eigenvalue weighted by atomic mass is 19.1. The van der Waals surface area contributed by atoms with E-state index in [9.17, 15) is 14.0 Å². The number of benzene rings is 1. The Bertz CT molecular complexity index is 547. The van der Waals surface area contributed by atoms with Gasteiger partial charge >= 0.3 is 5.97 Å². The van der Waals surface area contributed by atoms with Gasteiger partial charge < -0.3 is 9.74 Å². The van der Waals surface area contributed by atoms with Crippen LogP contribution in [0.1, 0.15) is 30.1 Å². The standard InChI is InChI=1S/C14H15FN2O3/c1-10(18)17-7-5-13(6-8-17)16-20-14(19)11-3-2-4-12(15)9-11/h2-4,9H,5-8H2,1H3. The first-order valence-electron chi connectivity index (χ1n) is 6.34. The van der Waals surface area contributed by atoms with Gasteiger partial charge in [0.05, 0.1) is 11.3 Å². The van der Waals surface area contributed by atoms with Crippen molar-refractivity contribution in [1.29, 1.82) is 0 Å². The van der Waals surface area contributed by atoms with Crippen molar-refractivity contribution in [3.05, 3.63) is 35.6 Å². The van der Waals surface area contributed by atoms with Gasteiger partial charge in [0.1, 0.15) is 5.82 Å². The number of hydrogen-bond acceptors (Lipinski definition) is 4. The van der Waals surface area contributed by atoms with Crippen molar-refractivity contribution >= 4 is 17.6 Å². The molecule has 0 aliphatic carbocycles. The topological polar surface area (TPSA) is 59.0 Å². The highest BCUT2D eigenvalue weighted by Crippen LogP contribution is 2.10. The van der Waals surface area contributed by atoms with E-state index in [0.29, 0.717) is 25.9 Å². The Morgan fingerprint density at radius 1 is 1.30 bits per heavy atom. The van der Waals surface area contributed by atoms with E-state index in [-0.39, 0.29) is 11.5 Å². The summed E-state index contributed by atoms with van der Waals surface area (Å²) in [7, 11) is 0. The van der Waals surface area contributed by atoms with Crippen LogP contribution in [0.15, 0.2) is 29.4 Å². The molecule has 1 aliphatic heterocycles. The summed E-state index contributed by atoms with van der Waals surface area (Å²) in [5.74, 6) is -1.16. The van der Waals surface area contributed by atoms with Crippen LogP contribution in [0.3, 0.4) is 0 Å². The van der Waals surface area contributed by atoms with Crippen molar-refractivity contribution in [1.82, 2.24) is 4.90 Å². The number of carbonyl (C=O) groups is 2. The molecule has 0 bridgehead atoms. The van der Waals surface area contributed by atoms with Crippen LogP contribution in [-0.4, -0.2) is 35.6 Å². The molecule has 0 atom stereocenters. The minimum atomic E-state index is -0.689. The minimum absolute atomic E-state index is 0.0285. The van der Waals surface area contributed by atoms with Crippen LogP contribution in [0.25, 0.3) is 0 Å². The Hall–Kier alpha value is -2.24.